The van der Waals surface area contributed by atoms with E-state index in [1.807, 2.05) is 19.1 Å². The molecule has 1 saturated carbocycles. The van der Waals surface area contributed by atoms with Gasteiger partial charge in [0.1, 0.15) is 17.7 Å². The fourth-order valence-corrected chi connectivity index (χ4v) is 3.05. The highest BCUT2D eigenvalue weighted by atomic mass is 16.5. The molecule has 0 atom stereocenters. The van der Waals surface area contributed by atoms with Gasteiger partial charge in [0.15, 0.2) is 0 Å². The Hall–Kier alpha value is -2.48. The Bertz CT molecular complexity index is 734. The highest BCUT2D eigenvalue weighted by Crippen LogP contribution is 2.40. The van der Waals surface area contributed by atoms with Gasteiger partial charge in [0.05, 0.1) is 17.2 Å². The van der Waals surface area contributed by atoms with Crippen LogP contribution in [0.15, 0.2) is 35.5 Å². The van der Waals surface area contributed by atoms with Gasteiger partial charge in [-0.1, -0.05) is 5.92 Å². The van der Waals surface area contributed by atoms with Crippen LogP contribution in [0.1, 0.15) is 45.2 Å². The van der Waals surface area contributed by atoms with Crippen molar-refractivity contribution in [2.45, 2.75) is 51.6 Å². The first-order chi connectivity index (χ1) is 12.0. The minimum absolute atomic E-state index is 0.0194. The van der Waals surface area contributed by atoms with Crippen LogP contribution in [-0.4, -0.2) is 28.7 Å². The fourth-order valence-electron chi connectivity index (χ4n) is 3.05. The Morgan fingerprint density at radius 3 is 2.76 bits per heavy atom. The lowest BCUT2D eigenvalue weighted by Gasteiger charge is -2.17. The average molecular weight is 338 g/mol. The number of nitrogens with zero attached hydrogens (tertiary/aromatic N) is 3. The number of terminal acetylenes is 1. The van der Waals surface area contributed by atoms with Crippen LogP contribution in [0.2, 0.25) is 0 Å². The number of rotatable bonds is 6. The number of hydrogen-bond acceptors (Lipinski definition) is 5. The Morgan fingerprint density at radius 1 is 1.40 bits per heavy atom. The predicted molar refractivity (Wildman–Crippen MR) is 99.7 cm³/mol. The maximum absolute atomic E-state index is 6.04. The second-order valence-electron chi connectivity index (χ2n) is 7.13. The second kappa shape index (κ2) is 7.18. The zero-order chi connectivity index (χ0) is 17.9. The smallest absolute Gasteiger partial charge is 0.132 e. The summed E-state index contributed by atoms with van der Waals surface area (Å²) in [6, 6.07) is 2.03. The molecule has 1 aliphatic carbocycles. The maximum Gasteiger partial charge on any atom is 0.132 e. The van der Waals surface area contributed by atoms with Crippen molar-refractivity contribution in [3.8, 4) is 12.3 Å². The van der Waals surface area contributed by atoms with Crippen LogP contribution in [0.4, 0.5) is 5.82 Å². The van der Waals surface area contributed by atoms with Crippen LogP contribution in [0, 0.1) is 12.3 Å². The molecule has 1 saturated heterocycles. The van der Waals surface area contributed by atoms with E-state index in [0.29, 0.717) is 12.1 Å². The van der Waals surface area contributed by atoms with Crippen molar-refractivity contribution < 1.29 is 4.74 Å². The van der Waals surface area contributed by atoms with Crippen LogP contribution in [0.3, 0.4) is 0 Å². The molecule has 2 N–H and O–H groups in total. The zero-order valence-electron chi connectivity index (χ0n) is 15.1. The van der Waals surface area contributed by atoms with Crippen LogP contribution < -0.4 is 10.6 Å². The van der Waals surface area contributed by atoms with Crippen molar-refractivity contribution in [2.24, 2.45) is 5.73 Å². The first kappa shape index (κ1) is 17.3. The van der Waals surface area contributed by atoms with Crippen molar-refractivity contribution in [2.75, 3.05) is 18.0 Å². The van der Waals surface area contributed by atoms with Crippen molar-refractivity contribution in [3.63, 3.8) is 0 Å². The van der Waals surface area contributed by atoms with E-state index < -0.39 is 0 Å². The average Bonchev–Trinajstić information content (AvgIpc) is 3.10. The van der Waals surface area contributed by atoms with E-state index in [1.54, 1.807) is 6.33 Å². The lowest BCUT2D eigenvalue weighted by atomic mass is 10.1. The Balaban J connectivity index is 1.78. The van der Waals surface area contributed by atoms with Crippen LogP contribution in [-0.2, 0) is 11.2 Å². The van der Waals surface area contributed by atoms with Gasteiger partial charge in [-0.3, -0.25) is 0 Å². The SMILES string of the molecule is C#C/C(N)=C(\C=C(/C)OC1(C)CC1)Cc1cc(N2CCCC2)ncn1. The standard InChI is InChI=1S/C20H26N4O/c1-4-18(21)16(11-15(2)25-20(3)7-8-20)12-17-13-19(23-14-22-17)24-9-5-6-10-24/h1,11,13-14H,5-10,12,21H2,2-3H3/b15-11+,18-16-. The van der Waals surface area contributed by atoms with E-state index in [9.17, 15) is 0 Å². The molecule has 0 aromatic carbocycles. The molecule has 0 spiro atoms. The van der Waals surface area contributed by atoms with Crippen molar-refractivity contribution in [1.29, 1.82) is 0 Å². The number of ether oxygens (including phenoxy) is 1. The highest BCUT2D eigenvalue weighted by molar-refractivity contribution is 5.43. The molecule has 25 heavy (non-hydrogen) atoms. The van der Waals surface area contributed by atoms with Crippen LogP contribution in [0.5, 0.6) is 0 Å². The van der Waals surface area contributed by atoms with E-state index in [0.717, 1.165) is 48.8 Å². The zero-order valence-corrected chi connectivity index (χ0v) is 15.1. The normalized spacial score (nSPS) is 20.0. The number of anilines is 1. The van der Waals surface area contributed by atoms with Gasteiger partial charge in [-0.2, -0.15) is 0 Å². The monoisotopic (exact) mass is 338 g/mol. The molecular formula is C20H26N4O. The maximum atomic E-state index is 6.04. The van der Waals surface area contributed by atoms with Crippen molar-refractivity contribution in [3.05, 3.63) is 41.2 Å². The van der Waals surface area contributed by atoms with Gasteiger partial charge in [0.25, 0.3) is 0 Å². The third-order valence-corrected chi connectivity index (χ3v) is 4.75. The molecule has 2 heterocycles. The molecule has 1 aliphatic heterocycles. The number of aromatic nitrogens is 2. The minimum atomic E-state index is -0.0194. The van der Waals surface area contributed by atoms with Gasteiger partial charge >= 0.3 is 0 Å². The molecule has 5 nitrogen and oxygen atoms in total. The minimum Gasteiger partial charge on any atom is -0.492 e. The Morgan fingerprint density at radius 2 is 2.12 bits per heavy atom. The Labute approximate surface area is 150 Å². The van der Waals surface area contributed by atoms with Gasteiger partial charge in [-0.15, -0.1) is 6.42 Å². The molecular weight excluding hydrogens is 312 g/mol. The quantitative estimate of drug-likeness (QED) is 0.491. The summed E-state index contributed by atoms with van der Waals surface area (Å²) in [6.07, 6.45) is 14.3. The topological polar surface area (TPSA) is 64.3 Å². The van der Waals surface area contributed by atoms with E-state index >= 15 is 0 Å². The summed E-state index contributed by atoms with van der Waals surface area (Å²) >= 11 is 0. The van der Waals surface area contributed by atoms with Crippen LogP contribution in [0.25, 0.3) is 0 Å². The van der Waals surface area contributed by atoms with Crippen LogP contribution >= 0.6 is 0 Å². The summed E-state index contributed by atoms with van der Waals surface area (Å²) in [5, 5.41) is 0. The molecule has 1 aromatic heterocycles. The molecule has 0 radical (unpaired) electrons. The van der Waals surface area contributed by atoms with E-state index in [4.69, 9.17) is 16.9 Å². The first-order valence-electron chi connectivity index (χ1n) is 8.87. The molecule has 132 valence electrons. The third kappa shape index (κ3) is 4.54. The summed E-state index contributed by atoms with van der Waals surface area (Å²) < 4.78 is 5.98. The number of hydrogen-bond donors (Lipinski definition) is 1. The molecule has 2 aliphatic rings. The molecule has 0 amide bonds. The van der Waals surface area contributed by atoms with Crippen molar-refractivity contribution >= 4 is 5.82 Å². The molecule has 0 bridgehead atoms. The summed E-state index contributed by atoms with van der Waals surface area (Å²) in [6.45, 7) is 6.17. The predicted octanol–water partition coefficient (Wildman–Crippen LogP) is 2.94. The highest BCUT2D eigenvalue weighted by Gasteiger charge is 2.39. The molecule has 5 heteroatoms. The Kier molecular flexibility index (Phi) is 4.98. The number of allylic oxidation sites excluding steroid dienone is 4. The van der Waals surface area contributed by atoms with E-state index in [2.05, 4.69) is 27.7 Å². The summed E-state index contributed by atoms with van der Waals surface area (Å²) in [5.41, 5.74) is 8.21. The lowest BCUT2D eigenvalue weighted by Crippen LogP contribution is -2.19. The molecule has 0 unspecified atom stereocenters. The van der Waals surface area contributed by atoms with E-state index in [1.165, 1.54) is 12.8 Å². The molecule has 2 fully saturated rings. The molecule has 1 aromatic rings. The van der Waals surface area contributed by atoms with Gasteiger partial charge < -0.3 is 15.4 Å². The van der Waals surface area contributed by atoms with Gasteiger partial charge in [0, 0.05) is 25.6 Å². The molecule has 3 rings (SSSR count). The lowest BCUT2D eigenvalue weighted by molar-refractivity contribution is 0.112. The fraction of sp³-hybridized carbons (Fsp3) is 0.500. The third-order valence-electron chi connectivity index (χ3n) is 4.75. The van der Waals surface area contributed by atoms with E-state index in [-0.39, 0.29) is 5.60 Å². The summed E-state index contributed by atoms with van der Waals surface area (Å²) in [7, 11) is 0. The van der Waals surface area contributed by atoms with Gasteiger partial charge in [-0.05, 0) is 51.2 Å². The summed E-state index contributed by atoms with van der Waals surface area (Å²) in [4.78, 5) is 11.1. The second-order valence-corrected chi connectivity index (χ2v) is 7.13. The van der Waals surface area contributed by atoms with Crippen molar-refractivity contribution in [1.82, 2.24) is 9.97 Å². The largest absolute Gasteiger partial charge is 0.492 e. The van der Waals surface area contributed by atoms with Gasteiger partial charge in [0.2, 0.25) is 0 Å². The number of nitrogens with two attached hydrogens (primary N) is 1. The summed E-state index contributed by atoms with van der Waals surface area (Å²) in [5.74, 6) is 4.35. The van der Waals surface area contributed by atoms with Gasteiger partial charge in [-0.25, -0.2) is 9.97 Å². The first-order valence-corrected chi connectivity index (χ1v) is 8.87.